The van der Waals surface area contributed by atoms with Crippen LogP contribution in [-0.4, -0.2) is 5.91 Å². The number of rotatable bonds is 4. The number of halogens is 1. The normalized spacial score (nSPS) is 11.9. The fourth-order valence-electron chi connectivity index (χ4n) is 2.00. The van der Waals surface area contributed by atoms with E-state index in [1.165, 1.54) is 5.56 Å². The highest BCUT2D eigenvalue weighted by atomic mass is 35.5. The fraction of sp³-hybridized carbons (Fsp3) is 0.188. The van der Waals surface area contributed by atoms with Crippen LogP contribution >= 0.6 is 11.6 Å². The van der Waals surface area contributed by atoms with E-state index >= 15 is 0 Å². The third-order valence-electron chi connectivity index (χ3n) is 3.32. The van der Waals surface area contributed by atoms with Crippen molar-refractivity contribution >= 4 is 23.2 Å². The monoisotopic (exact) mass is 288 g/mol. The Morgan fingerprint density at radius 2 is 1.85 bits per heavy atom. The van der Waals surface area contributed by atoms with Crippen molar-refractivity contribution in [3.63, 3.8) is 0 Å². The highest BCUT2D eigenvalue weighted by molar-refractivity contribution is 6.33. The largest absolute Gasteiger partial charge is 0.369 e. The highest BCUT2D eigenvalue weighted by Crippen LogP contribution is 2.26. The van der Waals surface area contributed by atoms with Crippen LogP contribution in [0.4, 0.5) is 5.69 Å². The van der Waals surface area contributed by atoms with Gasteiger partial charge in [-0.3, -0.25) is 4.79 Å². The lowest BCUT2D eigenvalue weighted by Gasteiger charge is -2.19. The summed E-state index contributed by atoms with van der Waals surface area (Å²) in [5, 5.41) is 3.66. The summed E-state index contributed by atoms with van der Waals surface area (Å²) in [7, 11) is 0. The molecule has 20 heavy (non-hydrogen) atoms. The molecule has 104 valence electrons. The molecule has 0 heterocycles. The summed E-state index contributed by atoms with van der Waals surface area (Å²) in [6.07, 6.45) is 0. The molecule has 2 aromatic rings. The van der Waals surface area contributed by atoms with Gasteiger partial charge in [-0.2, -0.15) is 0 Å². The quantitative estimate of drug-likeness (QED) is 0.903. The lowest BCUT2D eigenvalue weighted by molar-refractivity contribution is -0.118. The molecule has 0 fully saturated rings. The first-order valence-electron chi connectivity index (χ1n) is 6.36. The molecule has 0 bridgehead atoms. The zero-order valence-corrected chi connectivity index (χ0v) is 12.2. The van der Waals surface area contributed by atoms with E-state index in [1.807, 2.05) is 50.2 Å². The van der Waals surface area contributed by atoms with Crippen LogP contribution in [0, 0.1) is 13.8 Å². The third kappa shape index (κ3) is 3.11. The van der Waals surface area contributed by atoms with Gasteiger partial charge in [0.05, 0.1) is 10.7 Å². The van der Waals surface area contributed by atoms with Crippen molar-refractivity contribution in [1.29, 1.82) is 0 Å². The van der Waals surface area contributed by atoms with Crippen molar-refractivity contribution in [2.45, 2.75) is 19.9 Å². The highest BCUT2D eigenvalue weighted by Gasteiger charge is 2.18. The molecule has 0 saturated heterocycles. The van der Waals surface area contributed by atoms with Crippen molar-refractivity contribution in [2.24, 2.45) is 5.73 Å². The van der Waals surface area contributed by atoms with Crippen LogP contribution in [-0.2, 0) is 4.79 Å². The van der Waals surface area contributed by atoms with E-state index in [4.69, 9.17) is 17.3 Å². The molecule has 1 unspecified atom stereocenters. The van der Waals surface area contributed by atoms with Crippen molar-refractivity contribution in [2.75, 3.05) is 5.32 Å². The summed E-state index contributed by atoms with van der Waals surface area (Å²) in [5.41, 5.74) is 9.33. The maximum Gasteiger partial charge on any atom is 0.244 e. The summed E-state index contributed by atoms with van der Waals surface area (Å²) in [4.78, 5) is 11.7. The Kier molecular flexibility index (Phi) is 4.30. The van der Waals surface area contributed by atoms with E-state index < -0.39 is 11.9 Å². The van der Waals surface area contributed by atoms with Gasteiger partial charge in [0.1, 0.15) is 6.04 Å². The molecule has 4 heteroatoms. The molecule has 0 aliphatic carbocycles. The van der Waals surface area contributed by atoms with Gasteiger partial charge in [0.25, 0.3) is 0 Å². The zero-order valence-electron chi connectivity index (χ0n) is 11.5. The van der Waals surface area contributed by atoms with Crippen LogP contribution in [0.2, 0.25) is 5.02 Å². The number of para-hydroxylation sites is 1. The number of carbonyl (C=O) groups is 1. The maximum atomic E-state index is 11.7. The standard InChI is InChI=1S/C16H17ClN2O/c1-10-7-8-12(9-11(10)2)15(16(18)20)19-14-6-4-3-5-13(14)17/h3-9,15,19H,1-2H3,(H2,18,20). The molecule has 1 atom stereocenters. The number of primary amides is 1. The SMILES string of the molecule is Cc1ccc(C(Nc2ccccc2Cl)C(N)=O)cc1C. The Labute approximate surface area is 123 Å². The Hall–Kier alpha value is -2.00. The van der Waals surface area contributed by atoms with E-state index in [0.29, 0.717) is 10.7 Å². The lowest BCUT2D eigenvalue weighted by atomic mass is 10.0. The van der Waals surface area contributed by atoms with Crippen LogP contribution in [0.25, 0.3) is 0 Å². The number of nitrogens with one attached hydrogen (secondary N) is 1. The summed E-state index contributed by atoms with van der Waals surface area (Å²) < 4.78 is 0. The second-order valence-electron chi connectivity index (χ2n) is 4.80. The molecule has 0 spiro atoms. The third-order valence-corrected chi connectivity index (χ3v) is 3.65. The van der Waals surface area contributed by atoms with Gasteiger partial charge in [0, 0.05) is 0 Å². The summed E-state index contributed by atoms with van der Waals surface area (Å²) in [6, 6.07) is 12.5. The van der Waals surface area contributed by atoms with Gasteiger partial charge < -0.3 is 11.1 Å². The zero-order chi connectivity index (χ0) is 14.7. The van der Waals surface area contributed by atoms with Gasteiger partial charge in [0.15, 0.2) is 0 Å². The van der Waals surface area contributed by atoms with E-state index in [1.54, 1.807) is 6.07 Å². The van der Waals surface area contributed by atoms with Crippen molar-refractivity contribution < 1.29 is 4.79 Å². The second-order valence-corrected chi connectivity index (χ2v) is 5.21. The minimum atomic E-state index is -0.603. The van der Waals surface area contributed by atoms with Crippen LogP contribution in [0.1, 0.15) is 22.7 Å². The molecule has 1 amide bonds. The average molecular weight is 289 g/mol. The molecule has 0 aliphatic rings. The molecule has 0 saturated carbocycles. The van der Waals surface area contributed by atoms with Crippen LogP contribution in [0.3, 0.4) is 0 Å². The van der Waals surface area contributed by atoms with Crippen LogP contribution in [0.15, 0.2) is 42.5 Å². The second kappa shape index (κ2) is 5.97. The summed E-state index contributed by atoms with van der Waals surface area (Å²) in [6.45, 7) is 4.03. The van der Waals surface area contributed by atoms with Gasteiger partial charge in [-0.25, -0.2) is 0 Å². The Balaban J connectivity index is 2.34. The van der Waals surface area contributed by atoms with Gasteiger partial charge >= 0.3 is 0 Å². The number of amides is 1. The average Bonchev–Trinajstić information content (AvgIpc) is 2.41. The Morgan fingerprint density at radius 1 is 1.15 bits per heavy atom. The van der Waals surface area contributed by atoms with Gasteiger partial charge in [-0.15, -0.1) is 0 Å². The van der Waals surface area contributed by atoms with E-state index in [9.17, 15) is 4.79 Å². The van der Waals surface area contributed by atoms with E-state index in [0.717, 1.165) is 11.1 Å². The first-order valence-corrected chi connectivity index (χ1v) is 6.74. The molecule has 0 aliphatic heterocycles. The van der Waals surface area contributed by atoms with Gasteiger partial charge in [0.2, 0.25) is 5.91 Å². The van der Waals surface area contributed by atoms with Crippen LogP contribution < -0.4 is 11.1 Å². The van der Waals surface area contributed by atoms with E-state index in [-0.39, 0.29) is 0 Å². The topological polar surface area (TPSA) is 55.1 Å². The molecule has 3 N–H and O–H groups in total. The predicted octanol–water partition coefficient (Wildman–Crippen LogP) is 3.60. The Morgan fingerprint density at radius 3 is 2.45 bits per heavy atom. The smallest absolute Gasteiger partial charge is 0.244 e. The van der Waals surface area contributed by atoms with Crippen molar-refractivity contribution in [3.05, 3.63) is 64.2 Å². The molecule has 3 nitrogen and oxygen atoms in total. The molecule has 2 rings (SSSR count). The molecule has 0 radical (unpaired) electrons. The minimum absolute atomic E-state index is 0.437. The molecule has 0 aromatic heterocycles. The Bertz CT molecular complexity index is 640. The van der Waals surface area contributed by atoms with Gasteiger partial charge in [-0.05, 0) is 42.7 Å². The maximum absolute atomic E-state index is 11.7. The number of benzene rings is 2. The number of carbonyl (C=O) groups excluding carboxylic acids is 1. The lowest BCUT2D eigenvalue weighted by Crippen LogP contribution is -2.27. The molecule has 2 aromatic carbocycles. The number of hydrogen-bond acceptors (Lipinski definition) is 2. The molecular weight excluding hydrogens is 272 g/mol. The van der Waals surface area contributed by atoms with Crippen molar-refractivity contribution in [3.8, 4) is 0 Å². The number of nitrogens with two attached hydrogens (primary N) is 1. The van der Waals surface area contributed by atoms with E-state index in [2.05, 4.69) is 5.32 Å². The van der Waals surface area contributed by atoms with Crippen molar-refractivity contribution in [1.82, 2.24) is 0 Å². The summed E-state index contributed by atoms with van der Waals surface area (Å²) >= 11 is 6.10. The summed E-state index contributed by atoms with van der Waals surface area (Å²) in [5.74, 6) is -0.437. The number of hydrogen-bond donors (Lipinski definition) is 2. The molecular formula is C16H17ClN2O. The first kappa shape index (κ1) is 14.4. The predicted molar refractivity (Wildman–Crippen MR) is 82.9 cm³/mol. The first-order chi connectivity index (χ1) is 9.49. The van der Waals surface area contributed by atoms with Crippen LogP contribution in [0.5, 0.6) is 0 Å². The van der Waals surface area contributed by atoms with Gasteiger partial charge in [-0.1, -0.05) is 41.9 Å². The fourth-order valence-corrected chi connectivity index (χ4v) is 2.19. The minimum Gasteiger partial charge on any atom is -0.369 e. The number of aryl methyl sites for hydroxylation is 2. The number of anilines is 1.